The molecule has 2 N–H and O–H groups in total. The second kappa shape index (κ2) is 5.35. The topological polar surface area (TPSA) is 50.4 Å². The van der Waals surface area contributed by atoms with E-state index in [9.17, 15) is 4.79 Å². The molecule has 1 atom stereocenters. The van der Waals surface area contributed by atoms with Gasteiger partial charge in [-0.3, -0.25) is 0 Å². The molecule has 2 aliphatic rings. The quantitative estimate of drug-likeness (QED) is 0.743. The zero-order valence-corrected chi connectivity index (χ0v) is 9.13. The summed E-state index contributed by atoms with van der Waals surface area (Å²) >= 11 is 0. The SMILES string of the molecule is O=C(NC1CCCC1)OCC1CCCN1. The van der Waals surface area contributed by atoms with Crippen molar-refractivity contribution < 1.29 is 9.53 Å². The van der Waals surface area contributed by atoms with Crippen molar-refractivity contribution in [2.45, 2.75) is 50.6 Å². The van der Waals surface area contributed by atoms with E-state index in [4.69, 9.17) is 4.74 Å². The van der Waals surface area contributed by atoms with Gasteiger partial charge in [0.1, 0.15) is 6.61 Å². The normalized spacial score (nSPS) is 26.8. The first-order chi connectivity index (χ1) is 7.34. The highest BCUT2D eigenvalue weighted by Crippen LogP contribution is 2.17. The third kappa shape index (κ3) is 3.38. The van der Waals surface area contributed by atoms with Gasteiger partial charge in [0.25, 0.3) is 0 Å². The molecule has 15 heavy (non-hydrogen) atoms. The van der Waals surface area contributed by atoms with Crippen LogP contribution in [0.4, 0.5) is 4.79 Å². The Bertz CT molecular complexity index is 209. The third-order valence-corrected chi connectivity index (χ3v) is 3.26. The number of ether oxygens (including phenoxy) is 1. The van der Waals surface area contributed by atoms with Crippen LogP contribution >= 0.6 is 0 Å². The summed E-state index contributed by atoms with van der Waals surface area (Å²) in [5.41, 5.74) is 0. The number of carbonyl (C=O) groups is 1. The van der Waals surface area contributed by atoms with Crippen LogP contribution < -0.4 is 10.6 Å². The van der Waals surface area contributed by atoms with Crippen molar-refractivity contribution >= 4 is 6.09 Å². The molecule has 1 unspecified atom stereocenters. The van der Waals surface area contributed by atoms with Crippen LogP contribution in [-0.2, 0) is 4.74 Å². The van der Waals surface area contributed by atoms with Crippen LogP contribution in [0.25, 0.3) is 0 Å². The predicted molar refractivity (Wildman–Crippen MR) is 57.8 cm³/mol. The summed E-state index contributed by atoms with van der Waals surface area (Å²) in [5.74, 6) is 0. The number of carbonyl (C=O) groups excluding carboxylic acids is 1. The molecular weight excluding hydrogens is 192 g/mol. The van der Waals surface area contributed by atoms with Gasteiger partial charge in [-0.1, -0.05) is 12.8 Å². The van der Waals surface area contributed by atoms with Gasteiger partial charge in [0.15, 0.2) is 0 Å². The molecule has 0 spiro atoms. The summed E-state index contributed by atoms with van der Waals surface area (Å²) in [6, 6.07) is 0.730. The molecule has 1 saturated carbocycles. The Balaban J connectivity index is 1.59. The van der Waals surface area contributed by atoms with E-state index in [1.54, 1.807) is 0 Å². The van der Waals surface area contributed by atoms with Gasteiger partial charge in [0.05, 0.1) is 0 Å². The van der Waals surface area contributed by atoms with E-state index < -0.39 is 0 Å². The molecule has 4 heteroatoms. The third-order valence-electron chi connectivity index (χ3n) is 3.26. The van der Waals surface area contributed by atoms with E-state index in [2.05, 4.69) is 10.6 Å². The van der Waals surface area contributed by atoms with Gasteiger partial charge >= 0.3 is 6.09 Å². The first-order valence-corrected chi connectivity index (χ1v) is 6.01. The van der Waals surface area contributed by atoms with Crippen molar-refractivity contribution in [1.29, 1.82) is 0 Å². The number of amides is 1. The zero-order chi connectivity index (χ0) is 10.5. The smallest absolute Gasteiger partial charge is 0.407 e. The van der Waals surface area contributed by atoms with Crippen LogP contribution in [0.3, 0.4) is 0 Å². The highest BCUT2D eigenvalue weighted by molar-refractivity contribution is 5.67. The molecule has 0 radical (unpaired) electrons. The Labute approximate surface area is 90.8 Å². The number of nitrogens with one attached hydrogen (secondary N) is 2. The van der Waals surface area contributed by atoms with E-state index in [0.717, 1.165) is 25.8 Å². The molecule has 0 aromatic carbocycles. The molecule has 4 nitrogen and oxygen atoms in total. The molecule has 0 bridgehead atoms. The van der Waals surface area contributed by atoms with Gasteiger partial charge in [0, 0.05) is 12.1 Å². The summed E-state index contributed by atoms with van der Waals surface area (Å²) in [7, 11) is 0. The molecule has 1 heterocycles. The van der Waals surface area contributed by atoms with E-state index in [0.29, 0.717) is 18.7 Å². The summed E-state index contributed by atoms with van der Waals surface area (Å²) in [6.07, 6.45) is 6.75. The lowest BCUT2D eigenvalue weighted by Gasteiger charge is -2.14. The number of hydrogen-bond acceptors (Lipinski definition) is 3. The first kappa shape index (κ1) is 10.7. The largest absolute Gasteiger partial charge is 0.448 e. The van der Waals surface area contributed by atoms with Gasteiger partial charge in [-0.15, -0.1) is 0 Å². The molecule has 0 aromatic rings. The van der Waals surface area contributed by atoms with Crippen molar-refractivity contribution in [3.05, 3.63) is 0 Å². The number of rotatable bonds is 3. The van der Waals surface area contributed by atoms with Crippen LogP contribution in [-0.4, -0.2) is 31.3 Å². The first-order valence-electron chi connectivity index (χ1n) is 6.01. The van der Waals surface area contributed by atoms with Crippen molar-refractivity contribution in [2.24, 2.45) is 0 Å². The average Bonchev–Trinajstić information content (AvgIpc) is 2.86. The monoisotopic (exact) mass is 212 g/mol. The van der Waals surface area contributed by atoms with E-state index >= 15 is 0 Å². The van der Waals surface area contributed by atoms with Crippen LogP contribution in [0.2, 0.25) is 0 Å². The fraction of sp³-hybridized carbons (Fsp3) is 0.909. The van der Waals surface area contributed by atoms with Crippen LogP contribution in [0.1, 0.15) is 38.5 Å². The lowest BCUT2D eigenvalue weighted by molar-refractivity contribution is 0.133. The van der Waals surface area contributed by atoms with Crippen LogP contribution in [0, 0.1) is 0 Å². The fourth-order valence-electron chi connectivity index (χ4n) is 2.35. The Morgan fingerprint density at radius 1 is 1.27 bits per heavy atom. The van der Waals surface area contributed by atoms with Gasteiger partial charge in [-0.2, -0.15) is 0 Å². The second-order valence-corrected chi connectivity index (χ2v) is 4.52. The van der Waals surface area contributed by atoms with Crippen molar-refractivity contribution in [2.75, 3.05) is 13.2 Å². The maximum Gasteiger partial charge on any atom is 0.407 e. The van der Waals surface area contributed by atoms with Gasteiger partial charge in [-0.05, 0) is 32.2 Å². The minimum Gasteiger partial charge on any atom is -0.448 e. The molecule has 2 rings (SSSR count). The minimum atomic E-state index is -0.240. The minimum absolute atomic E-state index is 0.240. The van der Waals surface area contributed by atoms with Gasteiger partial charge < -0.3 is 15.4 Å². The summed E-state index contributed by atoms with van der Waals surface area (Å²) < 4.78 is 5.18. The van der Waals surface area contributed by atoms with Crippen LogP contribution in [0.5, 0.6) is 0 Å². The Kier molecular flexibility index (Phi) is 3.83. The molecule has 1 saturated heterocycles. The Morgan fingerprint density at radius 3 is 2.73 bits per heavy atom. The number of alkyl carbamates (subject to hydrolysis) is 1. The van der Waals surface area contributed by atoms with Crippen molar-refractivity contribution in [3.8, 4) is 0 Å². The van der Waals surface area contributed by atoms with Crippen LogP contribution in [0.15, 0.2) is 0 Å². The molecular formula is C11H20N2O2. The molecule has 0 aromatic heterocycles. The van der Waals surface area contributed by atoms with Gasteiger partial charge in [0.2, 0.25) is 0 Å². The predicted octanol–water partition coefficient (Wildman–Crippen LogP) is 1.41. The average molecular weight is 212 g/mol. The van der Waals surface area contributed by atoms with Gasteiger partial charge in [-0.25, -0.2) is 4.79 Å². The zero-order valence-electron chi connectivity index (χ0n) is 9.13. The molecule has 2 fully saturated rings. The summed E-state index contributed by atoms with van der Waals surface area (Å²) in [5, 5.41) is 6.21. The maximum absolute atomic E-state index is 11.4. The second-order valence-electron chi connectivity index (χ2n) is 4.52. The molecule has 1 amide bonds. The van der Waals surface area contributed by atoms with E-state index in [1.807, 2.05) is 0 Å². The lowest BCUT2D eigenvalue weighted by Crippen LogP contribution is -2.36. The Hall–Kier alpha value is -0.770. The highest BCUT2D eigenvalue weighted by Gasteiger charge is 2.19. The number of hydrogen-bond donors (Lipinski definition) is 2. The van der Waals surface area contributed by atoms with Crippen molar-refractivity contribution in [1.82, 2.24) is 10.6 Å². The maximum atomic E-state index is 11.4. The molecule has 1 aliphatic carbocycles. The Morgan fingerprint density at radius 2 is 2.07 bits per heavy atom. The molecule has 86 valence electrons. The summed E-state index contributed by atoms with van der Waals surface area (Å²) in [4.78, 5) is 11.4. The highest BCUT2D eigenvalue weighted by atomic mass is 16.5. The standard InChI is InChI=1S/C11H20N2O2/c14-11(13-9-4-1-2-5-9)15-8-10-6-3-7-12-10/h9-10,12H,1-8H2,(H,13,14). The summed E-state index contributed by atoms with van der Waals surface area (Å²) in [6.45, 7) is 1.57. The molecule has 1 aliphatic heterocycles. The fourth-order valence-corrected chi connectivity index (χ4v) is 2.35. The van der Waals surface area contributed by atoms with Crippen molar-refractivity contribution in [3.63, 3.8) is 0 Å². The van der Waals surface area contributed by atoms with E-state index in [-0.39, 0.29) is 6.09 Å². The van der Waals surface area contributed by atoms with E-state index in [1.165, 1.54) is 19.3 Å². The lowest BCUT2D eigenvalue weighted by atomic mass is 10.2.